The van der Waals surface area contributed by atoms with Crippen LogP contribution in [-0.2, 0) is 7.05 Å². The Balaban J connectivity index is 1.44. The largest absolute Gasteiger partial charge is 0.368 e. The first-order valence-corrected chi connectivity index (χ1v) is 11.8. The molecule has 1 aliphatic rings. The number of pyridine rings is 1. The van der Waals surface area contributed by atoms with E-state index in [0.29, 0.717) is 53.6 Å². The molecule has 7 nitrogen and oxygen atoms in total. The topological polar surface area (TPSA) is 63.4 Å². The smallest absolute Gasteiger partial charge is 0.259 e. The fourth-order valence-corrected chi connectivity index (χ4v) is 4.88. The minimum absolute atomic E-state index is 0.120. The van der Waals surface area contributed by atoms with E-state index in [2.05, 4.69) is 10.00 Å². The molecule has 2 aromatic heterocycles. The van der Waals surface area contributed by atoms with Crippen molar-refractivity contribution in [2.75, 3.05) is 31.1 Å². The Hall–Kier alpha value is -3.65. The summed E-state index contributed by atoms with van der Waals surface area (Å²) < 4.78 is 16.7. The normalized spacial score (nSPS) is 14.1. The maximum Gasteiger partial charge on any atom is 0.259 e. The third kappa shape index (κ3) is 4.08. The van der Waals surface area contributed by atoms with E-state index >= 15 is 0 Å². The molecule has 1 fully saturated rings. The second-order valence-electron chi connectivity index (χ2n) is 8.87. The summed E-state index contributed by atoms with van der Waals surface area (Å²) in [5.74, 6) is -0.641. The lowest BCUT2D eigenvalue weighted by Crippen LogP contribution is -2.49. The number of hydrogen-bond donors (Lipinski definition) is 0. The van der Waals surface area contributed by atoms with Gasteiger partial charge in [-0.25, -0.2) is 9.07 Å². The Kier molecular flexibility index (Phi) is 5.84. The first-order valence-electron chi connectivity index (χ1n) is 11.4. The molecule has 3 heterocycles. The number of nitrogens with zero attached hydrogens (tertiary/aromatic N) is 5. The van der Waals surface area contributed by atoms with Gasteiger partial charge in [-0.1, -0.05) is 17.7 Å². The fraction of sp³-hybridized carbons (Fsp3) is 0.269. The molecule has 0 N–H and O–H groups in total. The van der Waals surface area contributed by atoms with Crippen molar-refractivity contribution in [2.24, 2.45) is 7.05 Å². The average molecular weight is 494 g/mol. The molecule has 9 heteroatoms. The number of halogens is 2. The second kappa shape index (κ2) is 8.85. The quantitative estimate of drug-likeness (QED) is 0.431. The van der Waals surface area contributed by atoms with E-state index in [1.807, 2.05) is 25.1 Å². The van der Waals surface area contributed by atoms with Crippen molar-refractivity contribution < 1.29 is 9.18 Å². The first-order chi connectivity index (χ1) is 16.7. The Morgan fingerprint density at radius 1 is 1.03 bits per heavy atom. The first kappa shape index (κ1) is 23.1. The zero-order chi connectivity index (χ0) is 24.9. The number of aromatic nitrogens is 3. The predicted octanol–water partition coefficient (Wildman–Crippen LogP) is 4.10. The van der Waals surface area contributed by atoms with E-state index in [-0.39, 0.29) is 22.7 Å². The molecule has 0 saturated carbocycles. The van der Waals surface area contributed by atoms with E-state index in [1.54, 1.807) is 46.4 Å². The maximum absolute atomic E-state index is 13.5. The third-order valence-corrected chi connectivity index (χ3v) is 6.78. The van der Waals surface area contributed by atoms with Crippen molar-refractivity contribution in [3.05, 3.63) is 86.5 Å². The Bertz CT molecular complexity index is 1500. The molecule has 0 radical (unpaired) electrons. The highest BCUT2D eigenvalue weighted by Crippen LogP contribution is 2.26. The van der Waals surface area contributed by atoms with Gasteiger partial charge in [-0.15, -0.1) is 0 Å². The van der Waals surface area contributed by atoms with E-state index < -0.39 is 0 Å². The number of anilines is 1. The van der Waals surface area contributed by atoms with Crippen molar-refractivity contribution in [1.82, 2.24) is 19.2 Å². The minimum atomic E-state index is -0.352. The second-order valence-corrected chi connectivity index (χ2v) is 9.30. The molecule has 35 heavy (non-hydrogen) atoms. The number of amides is 1. The van der Waals surface area contributed by atoms with Gasteiger partial charge in [0, 0.05) is 50.1 Å². The molecule has 1 amide bonds. The van der Waals surface area contributed by atoms with E-state index in [9.17, 15) is 14.0 Å². The standard InChI is InChI=1S/C26H25ClFN5O2/c1-16-4-5-18(27)14-22(16)31-10-12-32(13-11-31)26(35)21-15-30(3)25-23(24(21)34)17(2)29-33(25)20-8-6-19(28)7-9-20/h4-9,14-15H,10-13H2,1-3H3. The molecule has 0 spiro atoms. The number of benzene rings is 2. The summed E-state index contributed by atoms with van der Waals surface area (Å²) in [6.45, 7) is 6.08. The summed E-state index contributed by atoms with van der Waals surface area (Å²) in [4.78, 5) is 30.8. The van der Waals surface area contributed by atoms with E-state index in [4.69, 9.17) is 11.6 Å². The van der Waals surface area contributed by atoms with Crippen LogP contribution in [0.5, 0.6) is 0 Å². The molecule has 0 bridgehead atoms. The van der Waals surface area contributed by atoms with Crippen LogP contribution >= 0.6 is 11.6 Å². The van der Waals surface area contributed by atoms with Crippen molar-refractivity contribution in [3.8, 4) is 5.69 Å². The average Bonchev–Trinajstić information content (AvgIpc) is 3.21. The van der Waals surface area contributed by atoms with Gasteiger partial charge in [0.15, 0.2) is 0 Å². The molecule has 1 saturated heterocycles. The lowest BCUT2D eigenvalue weighted by atomic mass is 10.1. The van der Waals surface area contributed by atoms with Crippen LogP contribution in [0.1, 0.15) is 21.6 Å². The monoisotopic (exact) mass is 493 g/mol. The highest BCUT2D eigenvalue weighted by Gasteiger charge is 2.27. The van der Waals surface area contributed by atoms with Crippen LogP contribution in [0.25, 0.3) is 16.7 Å². The number of piperazine rings is 1. The summed E-state index contributed by atoms with van der Waals surface area (Å²) in [5, 5.41) is 5.58. The summed E-state index contributed by atoms with van der Waals surface area (Å²) in [7, 11) is 1.78. The fourth-order valence-electron chi connectivity index (χ4n) is 4.71. The molecular weight excluding hydrogens is 469 g/mol. The number of carbonyl (C=O) groups is 1. The van der Waals surface area contributed by atoms with Crippen molar-refractivity contribution in [1.29, 1.82) is 0 Å². The van der Waals surface area contributed by atoms with Crippen LogP contribution < -0.4 is 10.3 Å². The number of hydrogen-bond acceptors (Lipinski definition) is 4. The number of aryl methyl sites for hydroxylation is 3. The summed E-state index contributed by atoms with van der Waals surface area (Å²) in [5.41, 5.74) is 3.66. The van der Waals surface area contributed by atoms with Crippen molar-refractivity contribution in [3.63, 3.8) is 0 Å². The summed E-state index contributed by atoms with van der Waals surface area (Å²) in [6, 6.07) is 11.7. The predicted molar refractivity (Wildman–Crippen MR) is 135 cm³/mol. The third-order valence-electron chi connectivity index (χ3n) is 6.54. The van der Waals surface area contributed by atoms with Crippen LogP contribution in [0, 0.1) is 19.7 Å². The zero-order valence-electron chi connectivity index (χ0n) is 19.8. The Labute approximate surface area is 206 Å². The van der Waals surface area contributed by atoms with Crippen LogP contribution in [0.15, 0.2) is 53.5 Å². The molecule has 1 aliphatic heterocycles. The highest BCUT2D eigenvalue weighted by atomic mass is 35.5. The number of fused-ring (bicyclic) bond motifs is 1. The molecule has 5 rings (SSSR count). The van der Waals surface area contributed by atoms with Gasteiger partial charge in [0.05, 0.1) is 16.8 Å². The maximum atomic E-state index is 13.5. The Morgan fingerprint density at radius 2 is 1.71 bits per heavy atom. The molecule has 0 unspecified atom stereocenters. The lowest BCUT2D eigenvalue weighted by Gasteiger charge is -2.36. The molecule has 0 atom stereocenters. The van der Waals surface area contributed by atoms with Gasteiger partial charge >= 0.3 is 0 Å². The van der Waals surface area contributed by atoms with Gasteiger partial charge < -0.3 is 14.4 Å². The van der Waals surface area contributed by atoms with Crippen LogP contribution in [0.2, 0.25) is 5.02 Å². The van der Waals surface area contributed by atoms with Gasteiger partial charge in [-0.05, 0) is 55.8 Å². The van der Waals surface area contributed by atoms with Gasteiger partial charge in [0.1, 0.15) is 17.0 Å². The molecule has 4 aromatic rings. The SMILES string of the molecule is Cc1ccc(Cl)cc1N1CCN(C(=O)c2cn(C)c3c(c(C)nn3-c3ccc(F)cc3)c2=O)CC1. The lowest BCUT2D eigenvalue weighted by molar-refractivity contribution is 0.0745. The number of carbonyl (C=O) groups excluding carboxylic acids is 1. The van der Waals surface area contributed by atoms with Gasteiger partial charge in [-0.2, -0.15) is 5.10 Å². The summed E-state index contributed by atoms with van der Waals surface area (Å²) in [6.07, 6.45) is 1.57. The van der Waals surface area contributed by atoms with Gasteiger partial charge in [0.25, 0.3) is 5.91 Å². The van der Waals surface area contributed by atoms with Gasteiger partial charge in [-0.3, -0.25) is 9.59 Å². The molecule has 2 aromatic carbocycles. The van der Waals surface area contributed by atoms with Crippen LogP contribution in [0.3, 0.4) is 0 Å². The molecule has 180 valence electrons. The van der Waals surface area contributed by atoms with Crippen molar-refractivity contribution >= 4 is 34.2 Å². The van der Waals surface area contributed by atoms with E-state index in [0.717, 1.165) is 11.3 Å². The van der Waals surface area contributed by atoms with Crippen molar-refractivity contribution in [2.45, 2.75) is 13.8 Å². The Morgan fingerprint density at radius 3 is 2.40 bits per heavy atom. The molecule has 0 aliphatic carbocycles. The molecular formula is C26H25ClFN5O2. The minimum Gasteiger partial charge on any atom is -0.368 e. The van der Waals surface area contributed by atoms with Crippen LogP contribution in [0.4, 0.5) is 10.1 Å². The van der Waals surface area contributed by atoms with E-state index in [1.165, 1.54) is 12.1 Å². The van der Waals surface area contributed by atoms with Gasteiger partial charge in [0.2, 0.25) is 5.43 Å². The van der Waals surface area contributed by atoms with Crippen LogP contribution in [-0.4, -0.2) is 51.3 Å². The zero-order valence-corrected chi connectivity index (χ0v) is 20.5. The summed E-state index contributed by atoms with van der Waals surface area (Å²) >= 11 is 6.18. The highest BCUT2D eigenvalue weighted by molar-refractivity contribution is 6.30. The number of rotatable bonds is 3.